The summed E-state index contributed by atoms with van der Waals surface area (Å²) in [6.45, 7) is 5.41. The minimum absolute atomic E-state index is 0.0968. The van der Waals surface area contributed by atoms with Crippen LogP contribution in [0.4, 0.5) is 5.00 Å². The molecule has 1 N–H and O–H groups in total. The largest absolute Gasteiger partial charge is 0.378 e. The number of anilines is 1. The number of amides is 1. The van der Waals surface area contributed by atoms with Crippen LogP contribution in [0.1, 0.15) is 28.1 Å². The second-order valence-electron chi connectivity index (χ2n) is 4.94. The highest BCUT2D eigenvalue weighted by Gasteiger charge is 2.26. The van der Waals surface area contributed by atoms with Gasteiger partial charge in [0, 0.05) is 19.1 Å². The van der Waals surface area contributed by atoms with Gasteiger partial charge in [0.2, 0.25) is 0 Å². The summed E-state index contributed by atoms with van der Waals surface area (Å²) in [5.74, 6) is 0.0968. The molecule has 0 radical (unpaired) electrons. The molecular weight excluding hydrogens is 248 g/mol. The first-order valence-electron chi connectivity index (χ1n) is 6.48. The van der Waals surface area contributed by atoms with Crippen molar-refractivity contribution in [3.05, 3.63) is 16.5 Å². The molecule has 18 heavy (non-hydrogen) atoms. The number of hydrogen-bond acceptors (Lipinski definition) is 4. The van der Waals surface area contributed by atoms with Crippen LogP contribution < -0.4 is 10.2 Å². The standard InChI is InChI=1S/C13H18N2O2S/c1-9-8-11(15-4-6-17-7-5-15)18-12(9)13(16)14-10-2-3-10/h8,10H,2-7H2,1H3,(H,14,16). The Hall–Kier alpha value is -1.07. The van der Waals surface area contributed by atoms with E-state index >= 15 is 0 Å². The van der Waals surface area contributed by atoms with E-state index in [-0.39, 0.29) is 5.91 Å². The summed E-state index contributed by atoms with van der Waals surface area (Å²) in [6, 6.07) is 2.54. The number of carbonyl (C=O) groups is 1. The van der Waals surface area contributed by atoms with Gasteiger partial charge in [0.25, 0.3) is 5.91 Å². The number of nitrogens with one attached hydrogen (secondary N) is 1. The van der Waals surface area contributed by atoms with Crippen molar-refractivity contribution in [1.29, 1.82) is 0 Å². The van der Waals surface area contributed by atoms with Gasteiger partial charge in [-0.05, 0) is 31.4 Å². The van der Waals surface area contributed by atoms with Gasteiger partial charge in [-0.25, -0.2) is 0 Å². The Balaban J connectivity index is 1.74. The van der Waals surface area contributed by atoms with E-state index in [4.69, 9.17) is 4.74 Å². The summed E-state index contributed by atoms with van der Waals surface area (Å²) in [5.41, 5.74) is 1.08. The van der Waals surface area contributed by atoms with E-state index in [1.54, 1.807) is 11.3 Å². The van der Waals surface area contributed by atoms with Gasteiger partial charge in [-0.2, -0.15) is 0 Å². The molecule has 1 amide bonds. The number of carbonyl (C=O) groups excluding carboxylic acids is 1. The first-order valence-corrected chi connectivity index (χ1v) is 7.29. The van der Waals surface area contributed by atoms with Crippen molar-refractivity contribution in [2.45, 2.75) is 25.8 Å². The van der Waals surface area contributed by atoms with Crippen molar-refractivity contribution in [3.63, 3.8) is 0 Å². The average Bonchev–Trinajstić information content (AvgIpc) is 3.10. The van der Waals surface area contributed by atoms with E-state index in [0.29, 0.717) is 6.04 Å². The van der Waals surface area contributed by atoms with Crippen molar-refractivity contribution < 1.29 is 9.53 Å². The Kier molecular flexibility index (Phi) is 3.26. The number of thiophene rings is 1. The Morgan fingerprint density at radius 1 is 1.44 bits per heavy atom. The van der Waals surface area contributed by atoms with E-state index in [1.807, 2.05) is 6.92 Å². The van der Waals surface area contributed by atoms with E-state index in [2.05, 4.69) is 16.3 Å². The Morgan fingerprint density at radius 2 is 2.17 bits per heavy atom. The quantitative estimate of drug-likeness (QED) is 0.907. The number of morpholine rings is 1. The van der Waals surface area contributed by atoms with E-state index < -0.39 is 0 Å². The molecule has 1 aliphatic carbocycles. The zero-order valence-corrected chi connectivity index (χ0v) is 11.4. The van der Waals surface area contributed by atoms with Gasteiger partial charge in [-0.15, -0.1) is 11.3 Å². The van der Waals surface area contributed by atoms with Crippen molar-refractivity contribution in [2.75, 3.05) is 31.2 Å². The molecule has 3 rings (SSSR count). The Bertz CT molecular complexity index is 448. The lowest BCUT2D eigenvalue weighted by Gasteiger charge is -2.27. The molecule has 2 fully saturated rings. The molecule has 1 saturated carbocycles. The molecule has 0 unspecified atom stereocenters. The molecular formula is C13H18N2O2S. The van der Waals surface area contributed by atoms with Gasteiger partial charge in [-0.3, -0.25) is 4.79 Å². The van der Waals surface area contributed by atoms with Gasteiger partial charge < -0.3 is 15.0 Å². The van der Waals surface area contributed by atoms with Crippen LogP contribution in [0.3, 0.4) is 0 Å². The van der Waals surface area contributed by atoms with Gasteiger partial charge in [0.15, 0.2) is 0 Å². The molecule has 1 saturated heterocycles. The molecule has 1 aliphatic heterocycles. The highest BCUT2D eigenvalue weighted by Crippen LogP contribution is 2.31. The van der Waals surface area contributed by atoms with Crippen LogP contribution >= 0.6 is 11.3 Å². The van der Waals surface area contributed by atoms with Crippen molar-refractivity contribution in [1.82, 2.24) is 5.32 Å². The van der Waals surface area contributed by atoms with Crippen LogP contribution in [0.2, 0.25) is 0 Å². The highest BCUT2D eigenvalue weighted by molar-refractivity contribution is 7.18. The van der Waals surface area contributed by atoms with Crippen molar-refractivity contribution in [2.24, 2.45) is 0 Å². The van der Waals surface area contributed by atoms with Gasteiger partial charge in [-0.1, -0.05) is 0 Å². The lowest BCUT2D eigenvalue weighted by Crippen LogP contribution is -2.35. The molecule has 0 aromatic carbocycles. The van der Waals surface area contributed by atoms with Crippen molar-refractivity contribution >= 4 is 22.2 Å². The third kappa shape index (κ3) is 2.52. The lowest BCUT2D eigenvalue weighted by molar-refractivity contribution is 0.0954. The second-order valence-corrected chi connectivity index (χ2v) is 5.97. The summed E-state index contributed by atoms with van der Waals surface area (Å²) in [6.07, 6.45) is 2.26. The third-order valence-electron chi connectivity index (χ3n) is 3.35. The number of rotatable bonds is 3. The maximum Gasteiger partial charge on any atom is 0.261 e. The Morgan fingerprint density at radius 3 is 2.83 bits per heavy atom. The summed E-state index contributed by atoms with van der Waals surface area (Å²) in [4.78, 5) is 15.2. The molecule has 2 aliphatic rings. The first kappa shape index (κ1) is 12.0. The zero-order chi connectivity index (χ0) is 12.5. The van der Waals surface area contributed by atoms with E-state index in [1.165, 1.54) is 5.00 Å². The summed E-state index contributed by atoms with van der Waals surface area (Å²) < 4.78 is 5.35. The number of aryl methyl sites for hydroxylation is 1. The topological polar surface area (TPSA) is 41.6 Å². The Labute approximate surface area is 111 Å². The zero-order valence-electron chi connectivity index (χ0n) is 10.6. The van der Waals surface area contributed by atoms with Crippen LogP contribution in [-0.4, -0.2) is 38.3 Å². The fourth-order valence-electron chi connectivity index (χ4n) is 2.11. The predicted octanol–water partition coefficient (Wildman–Crippen LogP) is 1.79. The minimum Gasteiger partial charge on any atom is -0.378 e. The van der Waals surface area contributed by atoms with Gasteiger partial charge in [0.1, 0.15) is 0 Å². The summed E-state index contributed by atoms with van der Waals surface area (Å²) in [5, 5.41) is 4.25. The van der Waals surface area contributed by atoms with Crippen LogP contribution in [-0.2, 0) is 4.74 Å². The predicted molar refractivity (Wildman–Crippen MR) is 72.6 cm³/mol. The molecule has 5 heteroatoms. The van der Waals surface area contributed by atoms with Crippen molar-refractivity contribution in [3.8, 4) is 0 Å². The molecule has 0 bridgehead atoms. The van der Waals surface area contributed by atoms with Crippen LogP contribution in [0.15, 0.2) is 6.07 Å². The van der Waals surface area contributed by atoms with E-state index in [0.717, 1.165) is 49.6 Å². The second kappa shape index (κ2) is 4.90. The molecule has 0 atom stereocenters. The van der Waals surface area contributed by atoms with Gasteiger partial charge in [0.05, 0.1) is 23.1 Å². The SMILES string of the molecule is Cc1cc(N2CCOCC2)sc1C(=O)NC1CC1. The van der Waals surface area contributed by atoms with Crippen LogP contribution in [0.25, 0.3) is 0 Å². The maximum atomic E-state index is 12.1. The van der Waals surface area contributed by atoms with E-state index in [9.17, 15) is 4.79 Å². The fourth-order valence-corrected chi connectivity index (χ4v) is 3.24. The molecule has 2 heterocycles. The van der Waals surface area contributed by atoms with Crippen LogP contribution in [0.5, 0.6) is 0 Å². The first-order chi connectivity index (χ1) is 8.74. The number of hydrogen-bond donors (Lipinski definition) is 1. The average molecular weight is 266 g/mol. The molecule has 1 aromatic rings. The molecule has 0 spiro atoms. The molecule has 1 aromatic heterocycles. The monoisotopic (exact) mass is 266 g/mol. The summed E-state index contributed by atoms with van der Waals surface area (Å²) in [7, 11) is 0. The van der Waals surface area contributed by atoms with Crippen LogP contribution in [0, 0.1) is 6.92 Å². The highest BCUT2D eigenvalue weighted by atomic mass is 32.1. The smallest absolute Gasteiger partial charge is 0.261 e. The fraction of sp³-hybridized carbons (Fsp3) is 0.615. The molecule has 4 nitrogen and oxygen atoms in total. The normalized spacial score (nSPS) is 19.9. The summed E-state index contributed by atoms with van der Waals surface area (Å²) >= 11 is 1.60. The lowest BCUT2D eigenvalue weighted by atomic mass is 10.2. The maximum absolute atomic E-state index is 12.1. The number of nitrogens with zero attached hydrogens (tertiary/aromatic N) is 1. The third-order valence-corrected chi connectivity index (χ3v) is 4.64. The number of ether oxygens (including phenoxy) is 1. The minimum atomic E-state index is 0.0968. The molecule has 98 valence electrons. The van der Waals surface area contributed by atoms with Gasteiger partial charge >= 0.3 is 0 Å².